The lowest BCUT2D eigenvalue weighted by atomic mass is 10.1. The number of halogens is 1. The van der Waals surface area contributed by atoms with Crippen molar-refractivity contribution >= 4 is 15.9 Å². The Balaban J connectivity index is 2.77. The van der Waals surface area contributed by atoms with Gasteiger partial charge in [-0.15, -0.1) is 0 Å². The van der Waals surface area contributed by atoms with E-state index in [9.17, 15) is 0 Å². The van der Waals surface area contributed by atoms with Gasteiger partial charge in [-0.05, 0) is 49.6 Å². The smallest absolute Gasteiger partial charge is 0.120 e. The Labute approximate surface area is 106 Å². The van der Waals surface area contributed by atoms with Gasteiger partial charge in [-0.1, -0.05) is 29.8 Å². The van der Waals surface area contributed by atoms with Gasteiger partial charge in [0, 0.05) is 4.47 Å². The van der Waals surface area contributed by atoms with Gasteiger partial charge in [0.1, 0.15) is 5.75 Å². The van der Waals surface area contributed by atoms with Gasteiger partial charge in [-0.2, -0.15) is 0 Å². The summed E-state index contributed by atoms with van der Waals surface area (Å²) in [6.07, 6.45) is 3.27. The van der Waals surface area contributed by atoms with Crippen LogP contribution < -0.4 is 10.5 Å². The quantitative estimate of drug-likeness (QED) is 0.868. The van der Waals surface area contributed by atoms with Crippen LogP contribution in [0.25, 0.3) is 0 Å². The Morgan fingerprint density at radius 3 is 2.56 bits per heavy atom. The molecule has 0 saturated carbocycles. The number of ether oxygens (including phenoxy) is 1. The molecule has 3 heteroatoms. The van der Waals surface area contributed by atoms with Gasteiger partial charge in [-0.25, -0.2) is 0 Å². The highest BCUT2D eigenvalue weighted by atomic mass is 79.9. The molecule has 1 rings (SSSR count). The first-order chi connectivity index (χ1) is 7.71. The van der Waals surface area contributed by atoms with Gasteiger partial charge in [0.25, 0.3) is 0 Å². The fraction of sp³-hybridized carbons (Fsp3) is 0.538. The van der Waals surface area contributed by atoms with E-state index in [-0.39, 0.29) is 0 Å². The van der Waals surface area contributed by atoms with Crippen molar-refractivity contribution in [2.75, 3.05) is 6.54 Å². The summed E-state index contributed by atoms with van der Waals surface area (Å²) in [6, 6.07) is 6.11. The monoisotopic (exact) mass is 285 g/mol. The van der Waals surface area contributed by atoms with Gasteiger partial charge >= 0.3 is 0 Å². The Kier molecular flexibility index (Phi) is 5.85. The second-order valence-corrected chi connectivity index (χ2v) is 4.70. The Morgan fingerprint density at radius 2 is 2.00 bits per heavy atom. The molecule has 16 heavy (non-hydrogen) atoms. The minimum Gasteiger partial charge on any atom is -0.490 e. The third-order valence-corrected chi connectivity index (χ3v) is 3.42. The summed E-state index contributed by atoms with van der Waals surface area (Å²) in [4.78, 5) is 0. The van der Waals surface area contributed by atoms with Gasteiger partial charge in [0.05, 0.1) is 6.10 Å². The molecule has 90 valence electrons. The zero-order valence-electron chi connectivity index (χ0n) is 10.0. The number of benzene rings is 1. The second kappa shape index (κ2) is 6.92. The summed E-state index contributed by atoms with van der Waals surface area (Å²) in [5, 5.41) is 0. The molecule has 0 saturated heterocycles. The Morgan fingerprint density at radius 1 is 1.31 bits per heavy atom. The van der Waals surface area contributed by atoms with Crippen molar-refractivity contribution < 1.29 is 4.74 Å². The molecule has 0 aliphatic rings. The number of hydrogen-bond donors (Lipinski definition) is 1. The van der Waals surface area contributed by atoms with Crippen LogP contribution in [-0.4, -0.2) is 12.6 Å². The molecule has 0 aliphatic heterocycles. The molecule has 0 atom stereocenters. The van der Waals surface area contributed by atoms with E-state index < -0.39 is 0 Å². The molecule has 0 radical (unpaired) electrons. The van der Waals surface area contributed by atoms with E-state index in [1.165, 1.54) is 5.56 Å². The second-order valence-electron chi connectivity index (χ2n) is 3.85. The van der Waals surface area contributed by atoms with Gasteiger partial charge < -0.3 is 10.5 Å². The van der Waals surface area contributed by atoms with Crippen LogP contribution in [-0.2, 0) is 6.42 Å². The van der Waals surface area contributed by atoms with Crippen LogP contribution in [0.4, 0.5) is 0 Å². The molecule has 0 amide bonds. The van der Waals surface area contributed by atoms with Crippen molar-refractivity contribution in [2.24, 2.45) is 5.73 Å². The van der Waals surface area contributed by atoms with E-state index in [2.05, 4.69) is 35.8 Å². The lowest BCUT2D eigenvalue weighted by Gasteiger charge is -2.16. The number of rotatable bonds is 6. The third kappa shape index (κ3) is 3.80. The molecule has 1 aromatic rings. The maximum atomic E-state index is 5.89. The van der Waals surface area contributed by atoms with Crippen LogP contribution >= 0.6 is 15.9 Å². The van der Waals surface area contributed by atoms with Crippen molar-refractivity contribution in [3.63, 3.8) is 0 Å². The first-order valence-electron chi connectivity index (χ1n) is 5.86. The molecule has 1 aromatic carbocycles. The highest BCUT2D eigenvalue weighted by molar-refractivity contribution is 9.10. The van der Waals surface area contributed by atoms with E-state index in [1.54, 1.807) is 0 Å². The summed E-state index contributed by atoms with van der Waals surface area (Å²) >= 11 is 3.52. The average molecular weight is 286 g/mol. The SMILES string of the molecule is CCC(CC)Oc1ccc(Br)c(CCN)c1. The summed E-state index contributed by atoms with van der Waals surface area (Å²) in [5.74, 6) is 0.945. The summed E-state index contributed by atoms with van der Waals surface area (Å²) in [7, 11) is 0. The summed E-state index contributed by atoms with van der Waals surface area (Å²) < 4.78 is 7.00. The van der Waals surface area contributed by atoms with Crippen LogP contribution in [0.1, 0.15) is 32.3 Å². The standard InChI is InChI=1S/C13H20BrNO/c1-3-11(4-2)16-12-5-6-13(14)10(9-12)7-8-15/h5-6,9,11H,3-4,7-8,15H2,1-2H3. The number of nitrogens with two attached hydrogens (primary N) is 1. The maximum Gasteiger partial charge on any atom is 0.120 e. The van der Waals surface area contributed by atoms with Crippen LogP contribution in [0.2, 0.25) is 0 Å². The topological polar surface area (TPSA) is 35.2 Å². The van der Waals surface area contributed by atoms with Crippen molar-refractivity contribution in [3.8, 4) is 5.75 Å². The van der Waals surface area contributed by atoms with E-state index in [0.29, 0.717) is 12.6 Å². The summed E-state index contributed by atoms with van der Waals surface area (Å²) in [6.45, 7) is 4.95. The molecular formula is C13H20BrNO. The van der Waals surface area contributed by atoms with E-state index in [0.717, 1.165) is 29.5 Å². The molecule has 0 unspecified atom stereocenters. The van der Waals surface area contributed by atoms with E-state index >= 15 is 0 Å². The molecule has 2 N–H and O–H groups in total. The third-order valence-electron chi connectivity index (χ3n) is 2.64. The van der Waals surface area contributed by atoms with Crippen LogP contribution in [0, 0.1) is 0 Å². The van der Waals surface area contributed by atoms with Crippen LogP contribution in [0.15, 0.2) is 22.7 Å². The highest BCUT2D eigenvalue weighted by Gasteiger charge is 2.07. The zero-order chi connectivity index (χ0) is 12.0. The molecular weight excluding hydrogens is 266 g/mol. The van der Waals surface area contributed by atoms with Crippen LogP contribution in [0.3, 0.4) is 0 Å². The molecule has 0 aliphatic carbocycles. The summed E-state index contributed by atoms with van der Waals surface area (Å²) in [5.41, 5.74) is 6.79. The van der Waals surface area contributed by atoms with Crippen molar-refractivity contribution in [2.45, 2.75) is 39.2 Å². The molecule has 0 heterocycles. The Bertz CT molecular complexity index is 324. The highest BCUT2D eigenvalue weighted by Crippen LogP contribution is 2.24. The van der Waals surface area contributed by atoms with Crippen LogP contribution in [0.5, 0.6) is 5.75 Å². The first-order valence-corrected chi connectivity index (χ1v) is 6.65. The van der Waals surface area contributed by atoms with Gasteiger partial charge in [0.2, 0.25) is 0 Å². The minimum atomic E-state index is 0.312. The average Bonchev–Trinajstić information content (AvgIpc) is 2.30. The zero-order valence-corrected chi connectivity index (χ0v) is 11.6. The Hall–Kier alpha value is -0.540. The lowest BCUT2D eigenvalue weighted by Crippen LogP contribution is -2.14. The van der Waals surface area contributed by atoms with Gasteiger partial charge in [0.15, 0.2) is 0 Å². The van der Waals surface area contributed by atoms with E-state index in [1.807, 2.05) is 12.1 Å². The van der Waals surface area contributed by atoms with Crippen molar-refractivity contribution in [1.29, 1.82) is 0 Å². The van der Waals surface area contributed by atoms with Gasteiger partial charge in [-0.3, -0.25) is 0 Å². The minimum absolute atomic E-state index is 0.312. The molecule has 0 bridgehead atoms. The molecule has 0 spiro atoms. The molecule has 0 fully saturated rings. The fourth-order valence-corrected chi connectivity index (χ4v) is 2.06. The predicted molar refractivity (Wildman–Crippen MR) is 71.9 cm³/mol. The fourth-order valence-electron chi connectivity index (χ4n) is 1.62. The predicted octanol–water partition coefficient (Wildman–Crippen LogP) is 3.52. The number of hydrogen-bond acceptors (Lipinski definition) is 2. The normalized spacial score (nSPS) is 10.8. The first kappa shape index (κ1) is 13.5. The van der Waals surface area contributed by atoms with Crippen molar-refractivity contribution in [1.82, 2.24) is 0 Å². The maximum absolute atomic E-state index is 5.89. The molecule has 2 nitrogen and oxygen atoms in total. The lowest BCUT2D eigenvalue weighted by molar-refractivity contribution is 0.192. The van der Waals surface area contributed by atoms with Crippen molar-refractivity contribution in [3.05, 3.63) is 28.2 Å². The van der Waals surface area contributed by atoms with E-state index in [4.69, 9.17) is 10.5 Å². The molecule has 0 aromatic heterocycles. The largest absolute Gasteiger partial charge is 0.490 e.